The molecule has 6 nitrogen and oxygen atoms in total. The number of benzene rings is 1. The number of aliphatic imine (C=N–C) groups is 1. The molecule has 0 radical (unpaired) electrons. The van der Waals surface area contributed by atoms with Gasteiger partial charge in [0.2, 0.25) is 0 Å². The smallest absolute Gasteiger partial charge is 0.191 e. The number of hydrogen-bond acceptors (Lipinski definition) is 4. The minimum Gasteiger partial charge on any atom is -0.375 e. The summed E-state index contributed by atoms with van der Waals surface area (Å²) in [6, 6.07) is 12.7. The Hall–Kier alpha value is -2.60. The van der Waals surface area contributed by atoms with Crippen LogP contribution in [-0.4, -0.2) is 43.8 Å². The van der Waals surface area contributed by atoms with E-state index in [9.17, 15) is 0 Å². The molecule has 2 aromatic rings. The molecule has 150 valence electrons. The lowest BCUT2D eigenvalue weighted by atomic mass is 10.1. The number of guanidine groups is 1. The lowest BCUT2D eigenvalue weighted by Crippen LogP contribution is -2.41. The fraction of sp³-hybridized carbons (Fsp3) is 0.455. The maximum absolute atomic E-state index is 5.63. The first-order valence-corrected chi connectivity index (χ1v) is 10.0. The van der Waals surface area contributed by atoms with E-state index in [1.807, 2.05) is 12.3 Å². The summed E-state index contributed by atoms with van der Waals surface area (Å²) < 4.78 is 5.63. The van der Waals surface area contributed by atoms with E-state index in [1.165, 1.54) is 16.7 Å². The van der Waals surface area contributed by atoms with Gasteiger partial charge in [-0.1, -0.05) is 31.2 Å². The molecule has 1 saturated heterocycles. The maximum Gasteiger partial charge on any atom is 0.191 e. The van der Waals surface area contributed by atoms with Crippen LogP contribution in [0.3, 0.4) is 0 Å². The van der Waals surface area contributed by atoms with Crippen molar-refractivity contribution in [3.05, 3.63) is 59.3 Å². The van der Waals surface area contributed by atoms with Gasteiger partial charge in [0, 0.05) is 39.4 Å². The molecule has 2 heterocycles. The number of rotatable bonds is 6. The molecule has 1 aliphatic heterocycles. The van der Waals surface area contributed by atoms with Crippen molar-refractivity contribution in [3.8, 4) is 0 Å². The quantitative estimate of drug-likeness (QED) is 0.595. The summed E-state index contributed by atoms with van der Waals surface area (Å²) in [6.07, 6.45) is 3.15. The average molecular weight is 382 g/mol. The molecule has 0 aliphatic carbocycles. The van der Waals surface area contributed by atoms with Gasteiger partial charge in [0.25, 0.3) is 0 Å². The Bertz CT molecular complexity index is 792. The van der Waals surface area contributed by atoms with E-state index < -0.39 is 0 Å². The third-order valence-corrected chi connectivity index (χ3v) is 5.00. The predicted octanol–water partition coefficient (Wildman–Crippen LogP) is 2.73. The third-order valence-electron chi connectivity index (χ3n) is 5.00. The van der Waals surface area contributed by atoms with Crippen LogP contribution < -0.4 is 15.5 Å². The Labute approximate surface area is 168 Å². The Balaban J connectivity index is 1.55. The van der Waals surface area contributed by atoms with Crippen LogP contribution in [0, 0.1) is 0 Å². The van der Waals surface area contributed by atoms with Gasteiger partial charge in [-0.15, -0.1) is 0 Å². The number of morpholine rings is 1. The number of nitrogens with one attached hydrogen (secondary N) is 2. The van der Waals surface area contributed by atoms with E-state index in [4.69, 9.17) is 4.74 Å². The third kappa shape index (κ3) is 5.45. The van der Waals surface area contributed by atoms with Crippen LogP contribution in [0.2, 0.25) is 0 Å². The number of nitrogens with zero attached hydrogens (tertiary/aromatic N) is 3. The molecule has 6 heteroatoms. The average Bonchev–Trinajstić information content (AvgIpc) is 2.74. The van der Waals surface area contributed by atoms with E-state index in [-0.39, 0.29) is 6.10 Å². The van der Waals surface area contributed by atoms with Gasteiger partial charge in [0.15, 0.2) is 5.96 Å². The molecule has 1 fully saturated rings. The summed E-state index contributed by atoms with van der Waals surface area (Å²) in [7, 11) is 1.80. The number of pyridine rings is 1. The van der Waals surface area contributed by atoms with Gasteiger partial charge in [0.1, 0.15) is 5.82 Å². The second-order valence-electron chi connectivity index (χ2n) is 7.05. The number of ether oxygens (including phenoxy) is 1. The van der Waals surface area contributed by atoms with Crippen LogP contribution in [0.25, 0.3) is 0 Å². The molecule has 1 aliphatic rings. The van der Waals surface area contributed by atoms with Crippen molar-refractivity contribution in [3.63, 3.8) is 0 Å². The lowest BCUT2D eigenvalue weighted by Gasteiger charge is -2.32. The molecule has 0 amide bonds. The standard InChI is InChI=1S/C22H31N5O/c1-4-19-7-5-6-8-20(19)15-26-22(23-3)25-14-18-9-10-24-21(13-18)27-11-12-28-17(2)16-27/h5-10,13,17H,4,11-12,14-16H2,1-3H3,(H2,23,25,26). The number of aromatic nitrogens is 1. The maximum atomic E-state index is 5.63. The minimum atomic E-state index is 0.242. The zero-order valence-electron chi connectivity index (χ0n) is 17.1. The molecule has 3 rings (SSSR count). The zero-order valence-corrected chi connectivity index (χ0v) is 17.1. The molecule has 28 heavy (non-hydrogen) atoms. The van der Waals surface area contributed by atoms with Gasteiger partial charge in [-0.3, -0.25) is 4.99 Å². The van der Waals surface area contributed by atoms with Crippen molar-refractivity contribution in [2.24, 2.45) is 4.99 Å². The Morgan fingerprint density at radius 2 is 2.00 bits per heavy atom. The molecule has 1 unspecified atom stereocenters. The summed E-state index contributed by atoms with van der Waals surface area (Å²) in [4.78, 5) is 11.2. The van der Waals surface area contributed by atoms with E-state index in [0.29, 0.717) is 6.54 Å². The number of aryl methyl sites for hydroxylation is 1. The van der Waals surface area contributed by atoms with Crippen molar-refractivity contribution >= 4 is 11.8 Å². The Morgan fingerprint density at radius 1 is 1.21 bits per heavy atom. The fourth-order valence-corrected chi connectivity index (χ4v) is 3.43. The summed E-state index contributed by atoms with van der Waals surface area (Å²) in [5, 5.41) is 6.81. The van der Waals surface area contributed by atoms with Crippen molar-refractivity contribution < 1.29 is 4.74 Å². The van der Waals surface area contributed by atoms with Gasteiger partial charge in [0.05, 0.1) is 12.7 Å². The summed E-state index contributed by atoms with van der Waals surface area (Å²) in [6.45, 7) is 8.26. The van der Waals surface area contributed by atoms with Gasteiger partial charge >= 0.3 is 0 Å². The van der Waals surface area contributed by atoms with Crippen molar-refractivity contribution in [2.45, 2.75) is 39.5 Å². The van der Waals surface area contributed by atoms with Gasteiger partial charge in [-0.2, -0.15) is 0 Å². The van der Waals surface area contributed by atoms with E-state index in [1.54, 1.807) is 7.05 Å². The molecule has 0 saturated carbocycles. The van der Waals surface area contributed by atoms with Crippen molar-refractivity contribution in [1.82, 2.24) is 15.6 Å². The van der Waals surface area contributed by atoms with Crippen molar-refractivity contribution in [2.75, 3.05) is 31.6 Å². The van der Waals surface area contributed by atoms with Crippen LogP contribution in [0.15, 0.2) is 47.6 Å². The highest BCUT2D eigenvalue weighted by molar-refractivity contribution is 5.79. The highest BCUT2D eigenvalue weighted by atomic mass is 16.5. The molecule has 1 aromatic heterocycles. The van der Waals surface area contributed by atoms with Gasteiger partial charge in [-0.05, 0) is 42.2 Å². The highest BCUT2D eigenvalue weighted by Gasteiger charge is 2.18. The second kappa shape index (κ2) is 10.1. The lowest BCUT2D eigenvalue weighted by molar-refractivity contribution is 0.0529. The van der Waals surface area contributed by atoms with Gasteiger partial charge in [-0.25, -0.2) is 4.98 Å². The van der Waals surface area contributed by atoms with Crippen molar-refractivity contribution in [1.29, 1.82) is 0 Å². The van der Waals surface area contributed by atoms with E-state index in [2.05, 4.69) is 69.7 Å². The van der Waals surface area contributed by atoms with Crippen LogP contribution >= 0.6 is 0 Å². The first-order chi connectivity index (χ1) is 13.7. The first kappa shape index (κ1) is 20.1. The zero-order chi connectivity index (χ0) is 19.8. The van der Waals surface area contributed by atoms with E-state index >= 15 is 0 Å². The normalized spacial score (nSPS) is 17.5. The molecular formula is C22H31N5O. The first-order valence-electron chi connectivity index (χ1n) is 10.0. The molecule has 1 atom stereocenters. The van der Waals surface area contributed by atoms with Crippen LogP contribution in [-0.2, 0) is 24.2 Å². The van der Waals surface area contributed by atoms with Gasteiger partial charge < -0.3 is 20.3 Å². The topological polar surface area (TPSA) is 61.8 Å². The Morgan fingerprint density at radius 3 is 2.75 bits per heavy atom. The second-order valence-corrected chi connectivity index (χ2v) is 7.05. The number of anilines is 1. The highest BCUT2D eigenvalue weighted by Crippen LogP contribution is 2.16. The Kier molecular flexibility index (Phi) is 7.25. The predicted molar refractivity (Wildman–Crippen MR) is 115 cm³/mol. The van der Waals surface area contributed by atoms with E-state index in [0.717, 1.165) is 44.4 Å². The number of hydrogen-bond donors (Lipinski definition) is 2. The largest absolute Gasteiger partial charge is 0.375 e. The fourth-order valence-electron chi connectivity index (χ4n) is 3.43. The monoisotopic (exact) mass is 381 g/mol. The molecule has 2 N–H and O–H groups in total. The minimum absolute atomic E-state index is 0.242. The van der Waals surface area contributed by atoms with Crippen LogP contribution in [0.4, 0.5) is 5.82 Å². The summed E-state index contributed by atoms with van der Waals surface area (Å²) >= 11 is 0. The van der Waals surface area contributed by atoms with Crippen LogP contribution in [0.5, 0.6) is 0 Å². The molecule has 1 aromatic carbocycles. The SMILES string of the molecule is CCc1ccccc1CNC(=NC)NCc1ccnc(N2CCOC(C)C2)c1. The summed E-state index contributed by atoms with van der Waals surface area (Å²) in [5.74, 6) is 1.80. The molecular weight excluding hydrogens is 350 g/mol. The van der Waals surface area contributed by atoms with Crippen LogP contribution in [0.1, 0.15) is 30.5 Å². The summed E-state index contributed by atoms with van der Waals surface area (Å²) in [5.41, 5.74) is 3.85. The molecule has 0 bridgehead atoms. The molecule has 0 spiro atoms.